The van der Waals surface area contributed by atoms with Crippen LogP contribution in [0.4, 0.5) is 4.39 Å². The van der Waals surface area contributed by atoms with E-state index in [2.05, 4.69) is 0 Å². The molecule has 0 bridgehead atoms. The third-order valence-electron chi connectivity index (χ3n) is 1.59. The van der Waals surface area contributed by atoms with Crippen LogP contribution in [0.5, 0.6) is 11.5 Å². The van der Waals surface area contributed by atoms with E-state index in [4.69, 9.17) is 21.1 Å². The van der Waals surface area contributed by atoms with Crippen LogP contribution in [0.25, 0.3) is 0 Å². The minimum atomic E-state index is -0.485. The van der Waals surface area contributed by atoms with E-state index in [1.807, 2.05) is 0 Å². The van der Waals surface area contributed by atoms with Gasteiger partial charge in [-0.05, 0) is 0 Å². The molecule has 0 saturated heterocycles. The summed E-state index contributed by atoms with van der Waals surface area (Å²) in [7, 11) is 0. The maximum absolute atomic E-state index is 12.8. The summed E-state index contributed by atoms with van der Waals surface area (Å²) in [4.78, 5) is 0. The van der Waals surface area contributed by atoms with Crippen molar-refractivity contribution < 1.29 is 13.9 Å². The zero-order valence-electron chi connectivity index (χ0n) is 6.14. The highest BCUT2D eigenvalue weighted by atomic mass is 35.5. The highest BCUT2D eigenvalue weighted by Gasteiger charge is 2.14. The molecular formula is C8H6ClFO2. The molecule has 0 fully saturated rings. The zero-order chi connectivity index (χ0) is 8.55. The van der Waals surface area contributed by atoms with Gasteiger partial charge in [0.1, 0.15) is 19.0 Å². The average molecular weight is 189 g/mol. The Morgan fingerprint density at radius 1 is 1.17 bits per heavy atom. The van der Waals surface area contributed by atoms with E-state index >= 15 is 0 Å². The van der Waals surface area contributed by atoms with Gasteiger partial charge < -0.3 is 9.47 Å². The van der Waals surface area contributed by atoms with Crippen LogP contribution in [0.15, 0.2) is 12.1 Å². The SMILES string of the molecule is Fc1cc2c(cc1Cl)OCCO2. The van der Waals surface area contributed by atoms with Crippen LogP contribution in [-0.4, -0.2) is 13.2 Å². The van der Waals surface area contributed by atoms with Gasteiger partial charge in [0.2, 0.25) is 0 Å². The van der Waals surface area contributed by atoms with Crippen molar-refractivity contribution in [3.8, 4) is 11.5 Å². The topological polar surface area (TPSA) is 18.5 Å². The fourth-order valence-electron chi connectivity index (χ4n) is 1.04. The van der Waals surface area contributed by atoms with Gasteiger partial charge in [-0.3, -0.25) is 0 Å². The van der Waals surface area contributed by atoms with E-state index in [-0.39, 0.29) is 5.02 Å². The van der Waals surface area contributed by atoms with Crippen LogP contribution in [0.2, 0.25) is 5.02 Å². The molecule has 1 aliphatic heterocycles. The molecular weight excluding hydrogens is 183 g/mol. The van der Waals surface area contributed by atoms with Crippen molar-refractivity contribution >= 4 is 11.6 Å². The monoisotopic (exact) mass is 188 g/mol. The number of halogens is 2. The number of hydrogen-bond donors (Lipinski definition) is 0. The summed E-state index contributed by atoms with van der Waals surface area (Å²) in [5, 5.41) is 0.0549. The number of benzene rings is 1. The molecule has 1 aromatic rings. The van der Waals surface area contributed by atoms with Gasteiger partial charge in [-0.1, -0.05) is 11.6 Å². The average Bonchev–Trinajstić information content (AvgIpc) is 2.07. The van der Waals surface area contributed by atoms with Crippen LogP contribution in [0, 0.1) is 5.82 Å². The van der Waals surface area contributed by atoms with Gasteiger partial charge in [0.25, 0.3) is 0 Å². The summed E-state index contributed by atoms with van der Waals surface area (Å²) in [6, 6.07) is 2.65. The molecule has 0 saturated carbocycles. The van der Waals surface area contributed by atoms with Gasteiger partial charge in [-0.15, -0.1) is 0 Å². The minimum Gasteiger partial charge on any atom is -0.486 e. The number of fused-ring (bicyclic) bond motifs is 1. The lowest BCUT2D eigenvalue weighted by Crippen LogP contribution is -2.15. The van der Waals surface area contributed by atoms with E-state index in [0.717, 1.165) is 0 Å². The lowest BCUT2D eigenvalue weighted by atomic mass is 10.3. The number of hydrogen-bond acceptors (Lipinski definition) is 2. The van der Waals surface area contributed by atoms with E-state index in [9.17, 15) is 4.39 Å². The molecule has 0 N–H and O–H groups in total. The largest absolute Gasteiger partial charge is 0.486 e. The lowest BCUT2D eigenvalue weighted by Gasteiger charge is -2.18. The highest BCUT2D eigenvalue weighted by Crippen LogP contribution is 2.34. The Labute approximate surface area is 73.9 Å². The molecule has 0 spiro atoms. The van der Waals surface area contributed by atoms with E-state index in [1.54, 1.807) is 0 Å². The van der Waals surface area contributed by atoms with Crippen LogP contribution < -0.4 is 9.47 Å². The van der Waals surface area contributed by atoms with Gasteiger partial charge in [0.05, 0.1) is 5.02 Å². The van der Waals surface area contributed by atoms with Gasteiger partial charge in [-0.2, -0.15) is 0 Å². The summed E-state index contributed by atoms with van der Waals surface area (Å²) in [6.07, 6.45) is 0. The van der Waals surface area contributed by atoms with Crippen molar-refractivity contribution in [3.05, 3.63) is 23.0 Å². The fourth-order valence-corrected chi connectivity index (χ4v) is 1.19. The first-order valence-corrected chi connectivity index (χ1v) is 3.90. The molecule has 1 aromatic carbocycles. The standard InChI is InChI=1S/C8H6ClFO2/c9-5-3-7-8(4-6(5)10)12-2-1-11-7/h3-4H,1-2H2. The summed E-state index contributed by atoms with van der Waals surface area (Å²) < 4.78 is 23.2. The van der Waals surface area contributed by atoms with Crippen LogP contribution in [-0.2, 0) is 0 Å². The molecule has 1 heterocycles. The Hall–Kier alpha value is -0.960. The quantitative estimate of drug-likeness (QED) is 0.622. The molecule has 64 valence electrons. The Morgan fingerprint density at radius 3 is 2.42 bits per heavy atom. The Kier molecular flexibility index (Phi) is 1.81. The number of rotatable bonds is 0. The number of ether oxygens (including phenoxy) is 2. The molecule has 2 rings (SSSR count). The Bertz CT molecular complexity index is 283. The van der Waals surface area contributed by atoms with Gasteiger partial charge in [0, 0.05) is 12.1 Å². The summed E-state index contributed by atoms with van der Waals surface area (Å²) in [5.74, 6) is 0.441. The second-order valence-corrected chi connectivity index (χ2v) is 2.82. The third kappa shape index (κ3) is 1.20. The first-order chi connectivity index (χ1) is 5.77. The molecule has 1 aliphatic rings. The van der Waals surface area contributed by atoms with Crippen molar-refractivity contribution in [1.29, 1.82) is 0 Å². The fraction of sp³-hybridized carbons (Fsp3) is 0.250. The van der Waals surface area contributed by atoms with Crippen molar-refractivity contribution in [2.45, 2.75) is 0 Å². The summed E-state index contributed by atoms with van der Waals surface area (Å²) >= 11 is 5.54. The molecule has 0 radical (unpaired) electrons. The maximum Gasteiger partial charge on any atom is 0.164 e. The minimum absolute atomic E-state index is 0.0549. The predicted molar refractivity (Wildman–Crippen MR) is 42.4 cm³/mol. The molecule has 0 atom stereocenters. The van der Waals surface area contributed by atoms with E-state index in [0.29, 0.717) is 24.7 Å². The van der Waals surface area contributed by atoms with Gasteiger partial charge >= 0.3 is 0 Å². The summed E-state index contributed by atoms with van der Waals surface area (Å²) in [6.45, 7) is 0.934. The highest BCUT2D eigenvalue weighted by molar-refractivity contribution is 6.30. The maximum atomic E-state index is 12.8. The molecule has 0 aliphatic carbocycles. The Balaban J connectivity index is 2.49. The van der Waals surface area contributed by atoms with Crippen molar-refractivity contribution in [2.75, 3.05) is 13.2 Å². The third-order valence-corrected chi connectivity index (χ3v) is 1.87. The normalized spacial score (nSPS) is 14.5. The first-order valence-electron chi connectivity index (χ1n) is 3.52. The second-order valence-electron chi connectivity index (χ2n) is 2.41. The van der Waals surface area contributed by atoms with E-state index in [1.165, 1.54) is 12.1 Å². The van der Waals surface area contributed by atoms with Crippen molar-refractivity contribution in [1.82, 2.24) is 0 Å². The van der Waals surface area contributed by atoms with Crippen LogP contribution in [0.1, 0.15) is 0 Å². The van der Waals surface area contributed by atoms with Crippen molar-refractivity contribution in [2.24, 2.45) is 0 Å². The lowest BCUT2D eigenvalue weighted by molar-refractivity contribution is 0.170. The molecule has 2 nitrogen and oxygen atoms in total. The predicted octanol–water partition coefficient (Wildman–Crippen LogP) is 2.25. The molecule has 0 amide bonds. The molecule has 12 heavy (non-hydrogen) atoms. The van der Waals surface area contributed by atoms with Gasteiger partial charge in [0.15, 0.2) is 11.5 Å². The first kappa shape index (κ1) is 7.68. The molecule has 0 aromatic heterocycles. The zero-order valence-corrected chi connectivity index (χ0v) is 6.90. The Morgan fingerprint density at radius 2 is 1.75 bits per heavy atom. The van der Waals surface area contributed by atoms with Crippen LogP contribution >= 0.6 is 11.6 Å². The molecule has 4 heteroatoms. The molecule has 0 unspecified atom stereocenters. The van der Waals surface area contributed by atoms with Gasteiger partial charge in [-0.25, -0.2) is 4.39 Å². The second kappa shape index (κ2) is 2.83. The van der Waals surface area contributed by atoms with Crippen molar-refractivity contribution in [3.63, 3.8) is 0 Å². The summed E-state index contributed by atoms with van der Waals surface area (Å²) in [5.41, 5.74) is 0. The van der Waals surface area contributed by atoms with Crippen LogP contribution in [0.3, 0.4) is 0 Å². The smallest absolute Gasteiger partial charge is 0.164 e. The van der Waals surface area contributed by atoms with E-state index < -0.39 is 5.82 Å².